The van der Waals surface area contributed by atoms with E-state index in [9.17, 15) is 43.2 Å². The summed E-state index contributed by atoms with van der Waals surface area (Å²) in [5, 5.41) is 10.6. The van der Waals surface area contributed by atoms with Crippen LogP contribution in [0.4, 0.5) is 0 Å². The highest BCUT2D eigenvalue weighted by Crippen LogP contribution is 2.45. The van der Waals surface area contributed by atoms with Crippen molar-refractivity contribution in [1.29, 1.82) is 0 Å². The van der Waals surface area contributed by atoms with Crippen LogP contribution in [0.1, 0.15) is 382 Å². The molecule has 0 saturated carbocycles. The SMILES string of the molecule is CCCCCC/C=C\C=C/CCCCCCCC(=O)OC[C@H](COP(=O)(O)OC[C@@H](O)COP(=O)(O)OC[C@@H](COC(=O)CCCCCCCCCCC)OC(=O)CCCCCCCCCCC(C)CC)OC(=O)CCCCCCCCCCCCCCCCCCCCC(C)C. The van der Waals surface area contributed by atoms with Gasteiger partial charge in [0, 0.05) is 25.7 Å². The standard InChI is InChI=1S/C78H148O17P2/c1-7-10-12-14-16-18-19-20-25-29-32-36-43-49-55-61-76(81)89-67-73(94-77(82)62-56-50-44-37-33-30-27-24-22-21-23-26-28-31-35-40-46-52-58-70(4)5)68-92-96(84,85)90-64-72(79)65-91-97(86,87)93-69-74(66-88-75(80)60-54-48-42-34-17-15-13-11-8-2)95-78(83)63-57-51-45-39-38-41-47-53-59-71(6)9-3/h18-20,25,70-74,79H,7-17,21-24,26-69H2,1-6H3,(H,84,85)(H,86,87)/b19-18-,25-20-/t71?,72-,73-,74-/m1/s1. The predicted molar refractivity (Wildman–Crippen MR) is 395 cm³/mol. The third kappa shape index (κ3) is 70.4. The second kappa shape index (κ2) is 69.3. The molecule has 0 aromatic carbocycles. The van der Waals surface area contributed by atoms with Gasteiger partial charge in [-0.15, -0.1) is 0 Å². The first-order valence-electron chi connectivity index (χ1n) is 39.8. The number of aliphatic hydroxyl groups is 1. The van der Waals surface area contributed by atoms with E-state index in [1.54, 1.807) is 0 Å². The minimum Gasteiger partial charge on any atom is -0.462 e. The van der Waals surface area contributed by atoms with Crippen LogP contribution >= 0.6 is 15.6 Å². The molecule has 0 aliphatic carbocycles. The Morgan fingerprint density at radius 2 is 0.608 bits per heavy atom. The Morgan fingerprint density at radius 1 is 0.340 bits per heavy atom. The Hall–Kier alpha value is -2.46. The Morgan fingerprint density at radius 3 is 0.928 bits per heavy atom. The fraction of sp³-hybridized carbons (Fsp3) is 0.897. The number of aliphatic hydroxyl groups excluding tert-OH is 1. The van der Waals surface area contributed by atoms with Crippen LogP contribution in [0.5, 0.6) is 0 Å². The van der Waals surface area contributed by atoms with E-state index in [0.29, 0.717) is 25.7 Å². The lowest BCUT2D eigenvalue weighted by atomic mass is 9.99. The fourth-order valence-electron chi connectivity index (χ4n) is 11.4. The first-order chi connectivity index (χ1) is 46.9. The molecule has 19 heteroatoms. The minimum absolute atomic E-state index is 0.101. The fourth-order valence-corrected chi connectivity index (χ4v) is 13.0. The summed E-state index contributed by atoms with van der Waals surface area (Å²) in [6, 6.07) is 0. The van der Waals surface area contributed by atoms with Gasteiger partial charge in [0.1, 0.15) is 19.3 Å². The molecule has 3 unspecified atom stereocenters. The first-order valence-corrected chi connectivity index (χ1v) is 42.8. The van der Waals surface area contributed by atoms with Gasteiger partial charge in [0.05, 0.1) is 26.4 Å². The van der Waals surface area contributed by atoms with Crippen LogP contribution in [-0.4, -0.2) is 96.7 Å². The molecule has 0 aliphatic heterocycles. The number of ether oxygens (including phenoxy) is 4. The van der Waals surface area contributed by atoms with Crippen molar-refractivity contribution in [3.05, 3.63) is 24.3 Å². The molecule has 0 aromatic rings. The zero-order valence-corrected chi connectivity index (χ0v) is 64.7. The number of carbonyl (C=O) groups excluding carboxylic acids is 4. The second-order valence-corrected chi connectivity index (χ2v) is 31.0. The topological polar surface area (TPSA) is 237 Å². The molecule has 572 valence electrons. The first kappa shape index (κ1) is 94.5. The molecule has 0 amide bonds. The quantitative estimate of drug-likeness (QED) is 0.0169. The monoisotopic (exact) mass is 1420 g/mol. The van der Waals surface area contributed by atoms with Crippen molar-refractivity contribution in [1.82, 2.24) is 0 Å². The molecule has 0 radical (unpaired) electrons. The summed E-state index contributed by atoms with van der Waals surface area (Å²) < 4.78 is 68.5. The summed E-state index contributed by atoms with van der Waals surface area (Å²) in [6.07, 6.45) is 60.5. The van der Waals surface area contributed by atoms with Gasteiger partial charge in [0.2, 0.25) is 0 Å². The summed E-state index contributed by atoms with van der Waals surface area (Å²) in [6.45, 7) is 9.55. The summed E-state index contributed by atoms with van der Waals surface area (Å²) >= 11 is 0. The lowest BCUT2D eigenvalue weighted by molar-refractivity contribution is -0.161. The van der Waals surface area contributed by atoms with E-state index in [2.05, 4.69) is 65.8 Å². The Balaban J connectivity index is 5.24. The van der Waals surface area contributed by atoms with Crippen LogP contribution in [0.15, 0.2) is 24.3 Å². The lowest BCUT2D eigenvalue weighted by Crippen LogP contribution is -2.30. The van der Waals surface area contributed by atoms with Crippen molar-refractivity contribution in [3.63, 3.8) is 0 Å². The van der Waals surface area contributed by atoms with Gasteiger partial charge >= 0.3 is 39.5 Å². The van der Waals surface area contributed by atoms with Crippen LogP contribution in [0.2, 0.25) is 0 Å². The number of unbranched alkanes of at least 4 members (excludes halogenated alkanes) is 41. The number of phosphoric ester groups is 2. The van der Waals surface area contributed by atoms with Gasteiger partial charge in [-0.2, -0.15) is 0 Å². The number of esters is 4. The summed E-state index contributed by atoms with van der Waals surface area (Å²) in [4.78, 5) is 72.8. The third-order valence-corrected chi connectivity index (χ3v) is 19.8. The number of rotatable bonds is 75. The summed E-state index contributed by atoms with van der Waals surface area (Å²) in [5.74, 6) is -0.560. The van der Waals surface area contributed by atoms with Gasteiger partial charge in [-0.1, -0.05) is 329 Å². The molecule has 0 rings (SSSR count). The molecule has 0 heterocycles. The highest BCUT2D eigenvalue weighted by Gasteiger charge is 2.30. The molecular formula is C78H148O17P2. The van der Waals surface area contributed by atoms with Crippen molar-refractivity contribution >= 4 is 39.5 Å². The molecular weight excluding hydrogens is 1270 g/mol. The van der Waals surface area contributed by atoms with Gasteiger partial charge in [-0.3, -0.25) is 37.3 Å². The van der Waals surface area contributed by atoms with Crippen molar-refractivity contribution in [2.45, 2.75) is 400 Å². The van der Waals surface area contributed by atoms with Crippen molar-refractivity contribution in [2.24, 2.45) is 11.8 Å². The second-order valence-electron chi connectivity index (χ2n) is 28.1. The van der Waals surface area contributed by atoms with E-state index in [1.165, 1.54) is 180 Å². The Kier molecular flexibility index (Phi) is 67.5. The molecule has 0 fully saturated rings. The van der Waals surface area contributed by atoms with Gasteiger partial charge in [-0.25, -0.2) is 9.13 Å². The van der Waals surface area contributed by atoms with Crippen LogP contribution in [0.3, 0.4) is 0 Å². The largest absolute Gasteiger partial charge is 0.472 e. The molecule has 17 nitrogen and oxygen atoms in total. The molecule has 0 saturated heterocycles. The van der Waals surface area contributed by atoms with E-state index in [4.69, 9.17) is 37.0 Å². The Bertz CT molecular complexity index is 1970. The van der Waals surface area contributed by atoms with Gasteiger partial charge < -0.3 is 33.8 Å². The van der Waals surface area contributed by atoms with Gasteiger partial charge in [0.15, 0.2) is 12.2 Å². The van der Waals surface area contributed by atoms with Crippen molar-refractivity contribution in [3.8, 4) is 0 Å². The number of allylic oxidation sites excluding steroid dienone is 4. The van der Waals surface area contributed by atoms with Crippen LogP contribution < -0.4 is 0 Å². The van der Waals surface area contributed by atoms with Crippen LogP contribution in [0, 0.1) is 11.8 Å². The number of hydrogen-bond donors (Lipinski definition) is 3. The normalized spacial score (nSPS) is 14.4. The van der Waals surface area contributed by atoms with E-state index in [0.717, 1.165) is 121 Å². The predicted octanol–water partition coefficient (Wildman–Crippen LogP) is 22.7. The molecule has 0 spiro atoms. The third-order valence-electron chi connectivity index (χ3n) is 17.9. The summed E-state index contributed by atoms with van der Waals surface area (Å²) in [5.41, 5.74) is 0. The molecule has 0 bridgehead atoms. The highest BCUT2D eigenvalue weighted by molar-refractivity contribution is 7.47. The Labute approximate surface area is 592 Å². The maximum absolute atomic E-state index is 13.1. The number of carbonyl (C=O) groups is 4. The summed E-state index contributed by atoms with van der Waals surface area (Å²) in [7, 11) is -9.92. The molecule has 0 aliphatic rings. The highest BCUT2D eigenvalue weighted by atomic mass is 31.2. The van der Waals surface area contributed by atoms with E-state index >= 15 is 0 Å². The average Bonchev–Trinajstić information content (AvgIpc) is 2.98. The van der Waals surface area contributed by atoms with E-state index in [-0.39, 0.29) is 25.7 Å². The van der Waals surface area contributed by atoms with Gasteiger partial charge in [0.25, 0.3) is 0 Å². The van der Waals surface area contributed by atoms with Gasteiger partial charge in [-0.05, 0) is 63.2 Å². The maximum Gasteiger partial charge on any atom is 0.472 e. The molecule has 0 aromatic heterocycles. The smallest absolute Gasteiger partial charge is 0.462 e. The zero-order valence-electron chi connectivity index (χ0n) is 62.9. The average molecular weight is 1420 g/mol. The van der Waals surface area contributed by atoms with E-state index < -0.39 is 97.5 Å². The molecule has 3 N–H and O–H groups in total. The van der Waals surface area contributed by atoms with Crippen LogP contribution in [-0.2, 0) is 65.4 Å². The van der Waals surface area contributed by atoms with Crippen LogP contribution in [0.25, 0.3) is 0 Å². The number of phosphoric acid groups is 2. The van der Waals surface area contributed by atoms with Crippen molar-refractivity contribution in [2.75, 3.05) is 39.6 Å². The van der Waals surface area contributed by atoms with E-state index in [1.807, 2.05) is 0 Å². The zero-order chi connectivity index (χ0) is 71.4. The lowest BCUT2D eigenvalue weighted by Gasteiger charge is -2.21. The minimum atomic E-state index is -4.97. The molecule has 6 atom stereocenters. The maximum atomic E-state index is 13.1. The molecule has 97 heavy (non-hydrogen) atoms. The van der Waals surface area contributed by atoms with Crippen molar-refractivity contribution < 1.29 is 80.2 Å². The number of hydrogen-bond acceptors (Lipinski definition) is 15.